The third-order valence-electron chi connectivity index (χ3n) is 5.73. The third kappa shape index (κ3) is 3.03. The number of carbonyl (C=O) groups is 2. The number of ketones is 1. The maximum atomic E-state index is 12.8. The van der Waals surface area contributed by atoms with E-state index in [1.807, 2.05) is 12.1 Å². The van der Waals surface area contributed by atoms with Crippen LogP contribution in [0.25, 0.3) is 0 Å². The predicted octanol–water partition coefficient (Wildman–Crippen LogP) is 4.79. The van der Waals surface area contributed by atoms with Crippen molar-refractivity contribution in [3.05, 3.63) is 130 Å². The van der Waals surface area contributed by atoms with Gasteiger partial charge in [-0.2, -0.15) is 0 Å². The summed E-state index contributed by atoms with van der Waals surface area (Å²) < 4.78 is 6.00. The van der Waals surface area contributed by atoms with Crippen LogP contribution in [0.2, 0.25) is 0 Å². The maximum absolute atomic E-state index is 12.8. The first-order valence-corrected chi connectivity index (χ1v) is 10.1. The molecule has 0 aliphatic carbocycles. The largest absolute Gasteiger partial charge is 0.508 e. The predicted molar refractivity (Wildman–Crippen MR) is 118 cm³/mol. The molecule has 0 aromatic heterocycles. The van der Waals surface area contributed by atoms with Crippen molar-refractivity contribution in [1.29, 1.82) is 0 Å². The van der Waals surface area contributed by atoms with E-state index in [-0.39, 0.29) is 17.3 Å². The first kappa shape index (κ1) is 19.6. The SMILES string of the molecule is O=C(c1ccc(O)cc1)c1ccc(C2(c3ccc(O)cc3)OC(=O)c3ccccc32)cc1. The van der Waals surface area contributed by atoms with Gasteiger partial charge in [-0.3, -0.25) is 4.79 Å². The van der Waals surface area contributed by atoms with E-state index in [0.29, 0.717) is 33.4 Å². The highest BCUT2D eigenvalue weighted by molar-refractivity contribution is 6.09. The molecule has 5 rings (SSSR count). The van der Waals surface area contributed by atoms with Gasteiger partial charge in [0.05, 0.1) is 5.56 Å². The second-order valence-corrected chi connectivity index (χ2v) is 7.62. The van der Waals surface area contributed by atoms with Crippen LogP contribution in [0.1, 0.15) is 43.0 Å². The summed E-state index contributed by atoms with van der Waals surface area (Å²) in [5, 5.41) is 19.2. The zero-order chi connectivity index (χ0) is 22.3. The van der Waals surface area contributed by atoms with Crippen LogP contribution in [0.5, 0.6) is 11.5 Å². The number of carbonyl (C=O) groups excluding carboxylic acids is 2. The molecule has 0 spiro atoms. The number of benzene rings is 4. The molecule has 1 heterocycles. The number of ether oxygens (including phenoxy) is 1. The van der Waals surface area contributed by atoms with Gasteiger partial charge in [-0.15, -0.1) is 0 Å². The van der Waals surface area contributed by atoms with E-state index in [2.05, 4.69) is 0 Å². The maximum Gasteiger partial charge on any atom is 0.340 e. The Balaban J connectivity index is 1.62. The molecule has 5 nitrogen and oxygen atoms in total. The molecule has 0 saturated carbocycles. The van der Waals surface area contributed by atoms with Crippen LogP contribution in [-0.2, 0) is 10.3 Å². The summed E-state index contributed by atoms with van der Waals surface area (Å²) in [6, 6.07) is 26.8. The quantitative estimate of drug-likeness (QED) is 0.365. The molecule has 4 aromatic rings. The van der Waals surface area contributed by atoms with Crippen LogP contribution in [0.15, 0.2) is 97.1 Å². The second kappa shape index (κ2) is 7.39. The summed E-state index contributed by atoms with van der Waals surface area (Å²) in [6.07, 6.45) is 0. The summed E-state index contributed by atoms with van der Waals surface area (Å²) in [5.41, 5.74) is 2.29. The lowest BCUT2D eigenvalue weighted by atomic mass is 9.79. The van der Waals surface area contributed by atoms with Crippen LogP contribution in [0.3, 0.4) is 0 Å². The molecule has 1 atom stereocenters. The zero-order valence-corrected chi connectivity index (χ0v) is 16.9. The lowest BCUT2D eigenvalue weighted by Crippen LogP contribution is -2.29. The number of rotatable bonds is 4. The normalized spacial score (nSPS) is 16.9. The Kier molecular flexibility index (Phi) is 4.52. The third-order valence-corrected chi connectivity index (χ3v) is 5.73. The smallest absolute Gasteiger partial charge is 0.340 e. The van der Waals surface area contributed by atoms with Crippen molar-refractivity contribution in [3.8, 4) is 11.5 Å². The van der Waals surface area contributed by atoms with Crippen molar-refractivity contribution in [1.82, 2.24) is 0 Å². The summed E-state index contributed by atoms with van der Waals surface area (Å²) >= 11 is 0. The molecule has 0 amide bonds. The highest BCUT2D eigenvalue weighted by atomic mass is 16.6. The average Bonchev–Trinajstić information content (AvgIpc) is 3.13. The molecule has 4 aromatic carbocycles. The number of fused-ring (bicyclic) bond motifs is 1. The van der Waals surface area contributed by atoms with E-state index in [4.69, 9.17) is 4.74 Å². The van der Waals surface area contributed by atoms with E-state index < -0.39 is 11.6 Å². The molecule has 1 aliphatic heterocycles. The van der Waals surface area contributed by atoms with E-state index in [9.17, 15) is 19.8 Å². The van der Waals surface area contributed by atoms with E-state index in [1.54, 1.807) is 72.8 Å². The molecule has 0 bridgehead atoms. The first-order chi connectivity index (χ1) is 15.5. The first-order valence-electron chi connectivity index (χ1n) is 10.1. The second-order valence-electron chi connectivity index (χ2n) is 7.62. The fourth-order valence-corrected chi connectivity index (χ4v) is 4.14. The number of phenolic OH excluding ortho intramolecular Hbond substituents is 2. The Bertz CT molecular complexity index is 1320. The molecule has 1 aliphatic rings. The minimum Gasteiger partial charge on any atom is -0.508 e. The summed E-state index contributed by atoms with van der Waals surface area (Å²) in [4.78, 5) is 25.6. The topological polar surface area (TPSA) is 83.8 Å². The molecular weight excluding hydrogens is 404 g/mol. The number of aromatic hydroxyl groups is 2. The van der Waals surface area contributed by atoms with Gasteiger partial charge in [0.1, 0.15) is 11.5 Å². The Morgan fingerprint density at radius 2 is 1.12 bits per heavy atom. The average molecular weight is 422 g/mol. The standard InChI is InChI=1S/C27H18O5/c28-21-13-7-18(8-14-21)25(30)17-5-9-19(10-6-17)27(20-11-15-22(29)16-12-20)24-4-2-1-3-23(24)26(31)32-27/h1-16,28-29H. The lowest BCUT2D eigenvalue weighted by Gasteiger charge is -2.30. The highest BCUT2D eigenvalue weighted by Crippen LogP contribution is 2.47. The fraction of sp³-hybridized carbons (Fsp3) is 0.0370. The van der Waals surface area contributed by atoms with Crippen molar-refractivity contribution in [2.24, 2.45) is 0 Å². The molecule has 32 heavy (non-hydrogen) atoms. The van der Waals surface area contributed by atoms with Gasteiger partial charge in [0.25, 0.3) is 0 Å². The Morgan fingerprint density at radius 1 is 0.656 bits per heavy atom. The zero-order valence-electron chi connectivity index (χ0n) is 16.9. The Hall–Kier alpha value is -4.38. The molecular formula is C27H18O5. The van der Waals surface area contributed by atoms with Crippen LogP contribution in [-0.4, -0.2) is 22.0 Å². The van der Waals surface area contributed by atoms with Gasteiger partial charge in [0.15, 0.2) is 11.4 Å². The van der Waals surface area contributed by atoms with Gasteiger partial charge in [-0.25, -0.2) is 4.79 Å². The van der Waals surface area contributed by atoms with Crippen LogP contribution >= 0.6 is 0 Å². The van der Waals surface area contributed by atoms with Crippen LogP contribution in [0.4, 0.5) is 0 Å². The van der Waals surface area contributed by atoms with Gasteiger partial charge in [-0.1, -0.05) is 54.6 Å². The number of phenols is 2. The van der Waals surface area contributed by atoms with Crippen molar-refractivity contribution >= 4 is 11.8 Å². The highest BCUT2D eigenvalue weighted by Gasteiger charge is 2.48. The minimum absolute atomic E-state index is 0.0921. The van der Waals surface area contributed by atoms with Gasteiger partial charge in [-0.05, 0) is 42.5 Å². The van der Waals surface area contributed by atoms with Crippen molar-refractivity contribution in [2.45, 2.75) is 5.60 Å². The van der Waals surface area contributed by atoms with E-state index in [0.717, 1.165) is 0 Å². The van der Waals surface area contributed by atoms with Gasteiger partial charge in [0.2, 0.25) is 0 Å². The molecule has 0 fully saturated rings. The lowest BCUT2D eigenvalue weighted by molar-refractivity contribution is 0.0251. The monoisotopic (exact) mass is 422 g/mol. The molecule has 1 unspecified atom stereocenters. The number of hydrogen-bond donors (Lipinski definition) is 2. The number of hydrogen-bond acceptors (Lipinski definition) is 5. The minimum atomic E-state index is -1.19. The van der Waals surface area contributed by atoms with E-state index >= 15 is 0 Å². The molecule has 0 radical (unpaired) electrons. The molecule has 5 heteroatoms. The van der Waals surface area contributed by atoms with Gasteiger partial charge >= 0.3 is 5.97 Å². The van der Waals surface area contributed by atoms with Crippen molar-refractivity contribution < 1.29 is 24.5 Å². The van der Waals surface area contributed by atoms with Gasteiger partial charge < -0.3 is 14.9 Å². The van der Waals surface area contributed by atoms with Crippen molar-refractivity contribution in [2.75, 3.05) is 0 Å². The van der Waals surface area contributed by atoms with Crippen molar-refractivity contribution in [3.63, 3.8) is 0 Å². The summed E-state index contributed by atoms with van der Waals surface area (Å²) in [5.74, 6) is -0.414. The van der Waals surface area contributed by atoms with Gasteiger partial charge in [0, 0.05) is 27.8 Å². The van der Waals surface area contributed by atoms with E-state index in [1.165, 1.54) is 12.1 Å². The van der Waals surface area contributed by atoms with Crippen LogP contribution in [0, 0.1) is 0 Å². The Morgan fingerprint density at radius 3 is 1.72 bits per heavy atom. The van der Waals surface area contributed by atoms with Crippen LogP contribution < -0.4 is 0 Å². The Labute approximate surface area is 184 Å². The number of cyclic esters (lactones) is 1. The molecule has 0 saturated heterocycles. The summed E-state index contributed by atoms with van der Waals surface area (Å²) in [7, 11) is 0. The fourth-order valence-electron chi connectivity index (χ4n) is 4.14. The number of esters is 1. The molecule has 156 valence electrons. The molecule has 2 N–H and O–H groups in total. The summed E-state index contributed by atoms with van der Waals surface area (Å²) in [6.45, 7) is 0.